The Labute approximate surface area is 78.8 Å². The van der Waals surface area contributed by atoms with Crippen molar-refractivity contribution in [2.75, 3.05) is 19.8 Å². The maximum absolute atomic E-state index is 10.9. The lowest BCUT2D eigenvalue weighted by Gasteiger charge is -2.12. The Balaban J connectivity index is 3.46. The van der Waals surface area contributed by atoms with E-state index in [0.29, 0.717) is 6.61 Å². The summed E-state index contributed by atoms with van der Waals surface area (Å²) in [5, 5.41) is 9.21. The number of aliphatic hydroxyl groups is 1. The first kappa shape index (κ1) is 12.4. The summed E-state index contributed by atoms with van der Waals surface area (Å²) in [5.41, 5.74) is 0. The number of hydrogen-bond donors (Lipinski definition) is 1. The molecule has 0 fully saturated rings. The van der Waals surface area contributed by atoms with Crippen LogP contribution in [-0.4, -0.2) is 37.0 Å². The molecule has 4 nitrogen and oxygen atoms in total. The lowest BCUT2D eigenvalue weighted by atomic mass is 10.2. The molecule has 4 heteroatoms. The Morgan fingerprint density at radius 3 is 2.46 bits per heavy atom. The van der Waals surface area contributed by atoms with Gasteiger partial charge in [0, 0.05) is 6.61 Å². The first-order chi connectivity index (χ1) is 6.07. The van der Waals surface area contributed by atoms with E-state index < -0.39 is 6.10 Å². The Kier molecular flexibility index (Phi) is 6.54. The minimum atomic E-state index is -0.720. The average Bonchev–Trinajstić information content (AvgIpc) is 2.10. The first-order valence-electron chi connectivity index (χ1n) is 4.50. The monoisotopic (exact) mass is 190 g/mol. The molecule has 0 radical (unpaired) electrons. The number of ether oxygens (including phenoxy) is 2. The molecule has 0 aromatic heterocycles. The van der Waals surface area contributed by atoms with E-state index in [1.165, 1.54) is 0 Å². The molecule has 0 saturated carbocycles. The van der Waals surface area contributed by atoms with Crippen LogP contribution in [0.2, 0.25) is 0 Å². The van der Waals surface area contributed by atoms with E-state index in [-0.39, 0.29) is 25.1 Å². The van der Waals surface area contributed by atoms with Crippen molar-refractivity contribution in [2.45, 2.75) is 26.9 Å². The van der Waals surface area contributed by atoms with Crippen molar-refractivity contribution in [2.24, 2.45) is 5.92 Å². The topological polar surface area (TPSA) is 55.8 Å². The van der Waals surface area contributed by atoms with Crippen molar-refractivity contribution in [3.63, 3.8) is 0 Å². The number of aliphatic hydroxyl groups excluding tert-OH is 1. The van der Waals surface area contributed by atoms with Gasteiger partial charge < -0.3 is 14.6 Å². The molecule has 0 aromatic carbocycles. The lowest BCUT2D eigenvalue weighted by molar-refractivity contribution is -0.151. The molecule has 0 bridgehead atoms. The van der Waals surface area contributed by atoms with E-state index >= 15 is 0 Å². The van der Waals surface area contributed by atoms with E-state index in [0.717, 1.165) is 0 Å². The maximum Gasteiger partial charge on any atom is 0.308 e. The van der Waals surface area contributed by atoms with Crippen molar-refractivity contribution >= 4 is 5.97 Å². The molecule has 13 heavy (non-hydrogen) atoms. The van der Waals surface area contributed by atoms with Crippen LogP contribution in [0.5, 0.6) is 0 Å². The molecule has 78 valence electrons. The molecular formula is C9H18O4. The molecule has 0 saturated heterocycles. The largest absolute Gasteiger partial charge is 0.463 e. The smallest absolute Gasteiger partial charge is 0.308 e. The zero-order chi connectivity index (χ0) is 10.3. The fourth-order valence-corrected chi connectivity index (χ4v) is 0.647. The summed E-state index contributed by atoms with van der Waals surface area (Å²) in [6.07, 6.45) is -0.720. The van der Waals surface area contributed by atoms with Crippen LogP contribution in [0.15, 0.2) is 0 Å². The highest BCUT2D eigenvalue weighted by molar-refractivity contribution is 5.71. The van der Waals surface area contributed by atoms with Crippen LogP contribution in [-0.2, 0) is 14.3 Å². The molecule has 0 spiro atoms. The number of rotatable bonds is 6. The van der Waals surface area contributed by atoms with Crippen LogP contribution in [0.25, 0.3) is 0 Å². The van der Waals surface area contributed by atoms with Gasteiger partial charge in [0.2, 0.25) is 0 Å². The molecule has 0 aliphatic heterocycles. The molecule has 0 aliphatic carbocycles. The Morgan fingerprint density at radius 1 is 1.38 bits per heavy atom. The third-order valence-corrected chi connectivity index (χ3v) is 1.40. The molecule has 0 aliphatic rings. The summed E-state index contributed by atoms with van der Waals surface area (Å²) in [6, 6.07) is 0. The molecule has 0 heterocycles. The third kappa shape index (κ3) is 6.54. The standard InChI is InChI=1S/C9H18O4/c1-4-12-5-8(10)6-13-9(11)7(2)3/h7-8,10H,4-6H2,1-3H3. The van der Waals surface area contributed by atoms with Gasteiger partial charge in [0.05, 0.1) is 12.5 Å². The van der Waals surface area contributed by atoms with Crippen molar-refractivity contribution in [3.8, 4) is 0 Å². The number of carbonyl (C=O) groups is 1. The molecule has 1 unspecified atom stereocenters. The minimum Gasteiger partial charge on any atom is -0.463 e. The van der Waals surface area contributed by atoms with Gasteiger partial charge in [-0.2, -0.15) is 0 Å². The summed E-state index contributed by atoms with van der Waals surface area (Å²) in [4.78, 5) is 10.9. The zero-order valence-corrected chi connectivity index (χ0v) is 8.45. The quantitative estimate of drug-likeness (QED) is 0.622. The van der Waals surface area contributed by atoms with Gasteiger partial charge in [-0.15, -0.1) is 0 Å². The van der Waals surface area contributed by atoms with Gasteiger partial charge >= 0.3 is 5.97 Å². The fourth-order valence-electron chi connectivity index (χ4n) is 0.647. The van der Waals surface area contributed by atoms with Gasteiger partial charge in [0.25, 0.3) is 0 Å². The van der Waals surface area contributed by atoms with Crippen LogP contribution in [0.1, 0.15) is 20.8 Å². The van der Waals surface area contributed by atoms with Gasteiger partial charge in [-0.1, -0.05) is 13.8 Å². The number of hydrogen-bond acceptors (Lipinski definition) is 4. The molecule has 1 atom stereocenters. The van der Waals surface area contributed by atoms with Gasteiger partial charge in [-0.05, 0) is 6.92 Å². The third-order valence-electron chi connectivity index (χ3n) is 1.40. The fraction of sp³-hybridized carbons (Fsp3) is 0.889. The van der Waals surface area contributed by atoms with Crippen LogP contribution in [0.3, 0.4) is 0 Å². The van der Waals surface area contributed by atoms with Crippen molar-refractivity contribution in [1.82, 2.24) is 0 Å². The van der Waals surface area contributed by atoms with E-state index in [1.54, 1.807) is 13.8 Å². The van der Waals surface area contributed by atoms with E-state index in [9.17, 15) is 9.90 Å². The van der Waals surface area contributed by atoms with Gasteiger partial charge in [0.1, 0.15) is 12.7 Å². The minimum absolute atomic E-state index is 0.0109. The maximum atomic E-state index is 10.9. The molecule has 1 N–H and O–H groups in total. The summed E-state index contributed by atoms with van der Waals surface area (Å²) < 4.78 is 9.74. The molecule has 0 aromatic rings. The number of esters is 1. The van der Waals surface area contributed by atoms with Crippen LogP contribution in [0.4, 0.5) is 0 Å². The second-order valence-corrected chi connectivity index (χ2v) is 3.10. The van der Waals surface area contributed by atoms with E-state index in [2.05, 4.69) is 0 Å². The van der Waals surface area contributed by atoms with E-state index in [4.69, 9.17) is 9.47 Å². The second-order valence-electron chi connectivity index (χ2n) is 3.10. The van der Waals surface area contributed by atoms with E-state index in [1.807, 2.05) is 6.92 Å². The SMILES string of the molecule is CCOCC(O)COC(=O)C(C)C. The molecule has 0 rings (SSSR count). The Hall–Kier alpha value is -0.610. The van der Waals surface area contributed by atoms with Crippen molar-refractivity contribution in [1.29, 1.82) is 0 Å². The normalized spacial score (nSPS) is 13.0. The van der Waals surface area contributed by atoms with Crippen molar-refractivity contribution in [3.05, 3.63) is 0 Å². The van der Waals surface area contributed by atoms with Crippen LogP contribution >= 0.6 is 0 Å². The molecular weight excluding hydrogens is 172 g/mol. The second kappa shape index (κ2) is 6.86. The predicted molar refractivity (Wildman–Crippen MR) is 48.3 cm³/mol. The van der Waals surface area contributed by atoms with Crippen molar-refractivity contribution < 1.29 is 19.4 Å². The van der Waals surface area contributed by atoms with Gasteiger partial charge in [-0.3, -0.25) is 4.79 Å². The zero-order valence-electron chi connectivity index (χ0n) is 8.45. The highest BCUT2D eigenvalue weighted by atomic mass is 16.5. The van der Waals surface area contributed by atoms with Gasteiger partial charge in [-0.25, -0.2) is 0 Å². The summed E-state index contributed by atoms with van der Waals surface area (Å²) in [6.45, 7) is 6.11. The highest BCUT2D eigenvalue weighted by Gasteiger charge is 2.11. The molecule has 0 amide bonds. The lowest BCUT2D eigenvalue weighted by Crippen LogP contribution is -2.25. The summed E-state index contributed by atoms with van der Waals surface area (Å²) >= 11 is 0. The Morgan fingerprint density at radius 2 is 2.00 bits per heavy atom. The average molecular weight is 190 g/mol. The highest BCUT2D eigenvalue weighted by Crippen LogP contribution is 1.97. The number of carbonyl (C=O) groups excluding carboxylic acids is 1. The van der Waals surface area contributed by atoms with Crippen LogP contribution < -0.4 is 0 Å². The summed E-state index contributed by atoms with van der Waals surface area (Å²) in [5.74, 6) is -0.449. The Bertz CT molecular complexity index is 145. The first-order valence-corrected chi connectivity index (χ1v) is 4.50. The summed E-state index contributed by atoms with van der Waals surface area (Å²) in [7, 11) is 0. The van der Waals surface area contributed by atoms with Crippen LogP contribution in [0, 0.1) is 5.92 Å². The van der Waals surface area contributed by atoms with Gasteiger partial charge in [0.15, 0.2) is 0 Å². The predicted octanol–water partition coefficient (Wildman–Crippen LogP) is 0.583.